The Morgan fingerprint density at radius 3 is 2.56 bits per heavy atom. The fourth-order valence-corrected chi connectivity index (χ4v) is 2.59. The van der Waals surface area contributed by atoms with Gasteiger partial charge in [-0.1, -0.05) is 0 Å². The van der Waals surface area contributed by atoms with Gasteiger partial charge in [0.25, 0.3) is 0 Å². The van der Waals surface area contributed by atoms with E-state index in [-0.39, 0.29) is 11.8 Å². The highest BCUT2D eigenvalue weighted by atomic mass is 19.4. The first kappa shape index (κ1) is 11.6. The number of rotatable bonds is 1. The molecule has 0 bridgehead atoms. The normalized spacial score (nSPS) is 23.5. The molecule has 1 heterocycles. The zero-order valence-electron chi connectivity index (χ0n) is 9.55. The monoisotopic (exact) mass is 255 g/mol. The highest BCUT2D eigenvalue weighted by molar-refractivity contribution is 5.94. The topological polar surface area (TPSA) is 29.1 Å². The van der Waals surface area contributed by atoms with E-state index in [0.717, 1.165) is 18.9 Å². The van der Waals surface area contributed by atoms with Crippen LogP contribution in [0.25, 0.3) is 0 Å². The Morgan fingerprint density at radius 1 is 1.22 bits per heavy atom. The molecule has 3 rings (SSSR count). The molecule has 0 spiro atoms. The fourth-order valence-electron chi connectivity index (χ4n) is 2.59. The van der Waals surface area contributed by atoms with Gasteiger partial charge in [0, 0.05) is 12.1 Å². The van der Waals surface area contributed by atoms with Gasteiger partial charge in [-0.25, -0.2) is 0 Å². The molecule has 2 aliphatic rings. The van der Waals surface area contributed by atoms with E-state index >= 15 is 0 Å². The summed E-state index contributed by atoms with van der Waals surface area (Å²) in [5.74, 6) is 0.230. The molecule has 2 nitrogen and oxygen atoms in total. The molecule has 1 aromatic carbocycles. The third-order valence-electron chi connectivity index (χ3n) is 3.65. The Kier molecular flexibility index (Phi) is 2.40. The lowest BCUT2D eigenvalue weighted by Gasteiger charge is -2.26. The third kappa shape index (κ3) is 1.98. The molecular weight excluding hydrogens is 243 g/mol. The van der Waals surface area contributed by atoms with Crippen LogP contribution in [0.3, 0.4) is 0 Å². The van der Waals surface area contributed by atoms with Crippen molar-refractivity contribution in [3.63, 3.8) is 0 Å². The summed E-state index contributed by atoms with van der Waals surface area (Å²) in [6, 6.07) is 3.58. The molecule has 5 heteroatoms. The second-order valence-corrected chi connectivity index (χ2v) is 5.00. The molecule has 1 fully saturated rings. The maximum atomic E-state index is 12.7. The van der Waals surface area contributed by atoms with Gasteiger partial charge >= 0.3 is 6.18 Å². The first-order valence-corrected chi connectivity index (χ1v) is 5.96. The van der Waals surface area contributed by atoms with Gasteiger partial charge in [0.1, 0.15) is 0 Å². The number of nitrogens with one attached hydrogen (secondary N) is 1. The molecule has 1 N–H and O–H groups in total. The van der Waals surface area contributed by atoms with Crippen molar-refractivity contribution < 1.29 is 18.0 Å². The maximum Gasteiger partial charge on any atom is 0.416 e. The Hall–Kier alpha value is -1.52. The van der Waals surface area contributed by atoms with Crippen LogP contribution in [-0.4, -0.2) is 5.91 Å². The number of hydrogen-bond donors (Lipinski definition) is 1. The van der Waals surface area contributed by atoms with Crippen LogP contribution in [0.2, 0.25) is 0 Å². The van der Waals surface area contributed by atoms with Crippen LogP contribution in [0.15, 0.2) is 18.2 Å². The summed E-state index contributed by atoms with van der Waals surface area (Å²) in [6.07, 6.45) is -2.01. The second-order valence-electron chi connectivity index (χ2n) is 5.00. The number of carbonyl (C=O) groups excluding carboxylic acids is 1. The van der Waals surface area contributed by atoms with Crippen molar-refractivity contribution in [2.24, 2.45) is 5.92 Å². The molecule has 1 aromatic rings. The minimum Gasteiger partial charge on any atom is -0.326 e. The fraction of sp³-hybridized carbons (Fsp3) is 0.462. The zero-order chi connectivity index (χ0) is 12.9. The van der Waals surface area contributed by atoms with Crippen LogP contribution < -0.4 is 5.32 Å². The quantitative estimate of drug-likeness (QED) is 0.817. The number of alkyl halides is 3. The largest absolute Gasteiger partial charge is 0.416 e. The number of amides is 1. The Balaban J connectivity index is 2.04. The first-order valence-electron chi connectivity index (χ1n) is 5.96. The molecule has 1 aliphatic heterocycles. The molecule has 0 saturated heterocycles. The van der Waals surface area contributed by atoms with Crippen LogP contribution in [-0.2, 0) is 11.0 Å². The van der Waals surface area contributed by atoms with Crippen LogP contribution in [0, 0.1) is 5.92 Å². The average Bonchev–Trinajstić information content (AvgIpc) is 3.09. The lowest BCUT2D eigenvalue weighted by molar-refractivity contribution is -0.137. The molecule has 1 atom stereocenters. The van der Waals surface area contributed by atoms with Crippen molar-refractivity contribution in [2.75, 3.05) is 5.32 Å². The number of anilines is 1. The molecule has 1 aliphatic carbocycles. The van der Waals surface area contributed by atoms with Gasteiger partial charge in [0.15, 0.2) is 0 Å². The van der Waals surface area contributed by atoms with E-state index in [1.807, 2.05) is 0 Å². The lowest BCUT2D eigenvalue weighted by atomic mass is 9.85. The highest BCUT2D eigenvalue weighted by Crippen LogP contribution is 2.49. The number of halogens is 3. The lowest BCUT2D eigenvalue weighted by Crippen LogP contribution is -2.24. The van der Waals surface area contributed by atoms with Crippen LogP contribution in [0.4, 0.5) is 18.9 Å². The number of benzene rings is 1. The molecule has 96 valence electrons. The summed E-state index contributed by atoms with van der Waals surface area (Å²) < 4.78 is 38.1. The zero-order valence-corrected chi connectivity index (χ0v) is 9.55. The SMILES string of the molecule is O=C1CC(C2CC2)c2cc(C(F)(F)F)ccc2N1. The van der Waals surface area contributed by atoms with Gasteiger partial charge in [-0.2, -0.15) is 13.2 Å². The summed E-state index contributed by atoms with van der Waals surface area (Å²) in [5, 5.41) is 2.64. The van der Waals surface area contributed by atoms with Gasteiger partial charge in [0.05, 0.1) is 5.56 Å². The minimum atomic E-state index is -4.33. The predicted molar refractivity (Wildman–Crippen MR) is 60.2 cm³/mol. The van der Waals surface area contributed by atoms with Crippen LogP contribution >= 0.6 is 0 Å². The maximum absolute atomic E-state index is 12.7. The van der Waals surface area contributed by atoms with Crippen molar-refractivity contribution in [3.05, 3.63) is 29.3 Å². The Morgan fingerprint density at radius 2 is 1.94 bits per heavy atom. The highest BCUT2D eigenvalue weighted by Gasteiger charge is 2.39. The van der Waals surface area contributed by atoms with E-state index in [0.29, 0.717) is 23.6 Å². The minimum absolute atomic E-state index is 0.0453. The molecule has 0 aromatic heterocycles. The van der Waals surface area contributed by atoms with E-state index in [4.69, 9.17) is 0 Å². The van der Waals surface area contributed by atoms with Crippen molar-refractivity contribution in [1.82, 2.24) is 0 Å². The number of fused-ring (bicyclic) bond motifs is 1. The Labute approximate surface area is 102 Å². The van der Waals surface area contributed by atoms with Crippen molar-refractivity contribution in [2.45, 2.75) is 31.4 Å². The average molecular weight is 255 g/mol. The summed E-state index contributed by atoms with van der Waals surface area (Å²) in [4.78, 5) is 11.5. The van der Waals surface area contributed by atoms with Gasteiger partial charge in [-0.15, -0.1) is 0 Å². The standard InChI is InChI=1S/C13H12F3NO/c14-13(15,16)8-3-4-11-10(5-8)9(7-1-2-7)6-12(18)17-11/h3-5,7,9H,1-2,6H2,(H,17,18). The number of hydrogen-bond acceptors (Lipinski definition) is 1. The summed E-state index contributed by atoms with van der Waals surface area (Å²) in [5.41, 5.74) is 0.547. The van der Waals surface area contributed by atoms with Crippen LogP contribution in [0.1, 0.15) is 36.3 Å². The van der Waals surface area contributed by atoms with E-state index in [9.17, 15) is 18.0 Å². The number of carbonyl (C=O) groups is 1. The third-order valence-corrected chi connectivity index (χ3v) is 3.65. The van der Waals surface area contributed by atoms with Gasteiger partial charge in [-0.05, 0) is 48.4 Å². The van der Waals surface area contributed by atoms with E-state index in [1.165, 1.54) is 12.1 Å². The van der Waals surface area contributed by atoms with Crippen LogP contribution in [0.5, 0.6) is 0 Å². The second kappa shape index (κ2) is 3.73. The van der Waals surface area contributed by atoms with Crippen molar-refractivity contribution >= 4 is 11.6 Å². The molecule has 1 amide bonds. The molecule has 1 unspecified atom stereocenters. The summed E-state index contributed by atoms with van der Waals surface area (Å²) in [7, 11) is 0. The van der Waals surface area contributed by atoms with E-state index in [2.05, 4.69) is 5.32 Å². The molecular formula is C13H12F3NO. The predicted octanol–water partition coefficient (Wildman–Crippen LogP) is 3.54. The smallest absolute Gasteiger partial charge is 0.326 e. The first-order chi connectivity index (χ1) is 8.45. The van der Waals surface area contributed by atoms with Crippen molar-refractivity contribution in [3.8, 4) is 0 Å². The molecule has 1 saturated carbocycles. The van der Waals surface area contributed by atoms with Gasteiger partial charge in [-0.3, -0.25) is 4.79 Å². The summed E-state index contributed by atoms with van der Waals surface area (Å²) >= 11 is 0. The summed E-state index contributed by atoms with van der Waals surface area (Å²) in [6.45, 7) is 0. The van der Waals surface area contributed by atoms with E-state index in [1.54, 1.807) is 0 Å². The molecule has 18 heavy (non-hydrogen) atoms. The van der Waals surface area contributed by atoms with Crippen molar-refractivity contribution in [1.29, 1.82) is 0 Å². The van der Waals surface area contributed by atoms with Gasteiger partial charge < -0.3 is 5.32 Å². The molecule has 0 radical (unpaired) electrons. The van der Waals surface area contributed by atoms with Gasteiger partial charge in [0.2, 0.25) is 5.91 Å². The van der Waals surface area contributed by atoms with E-state index < -0.39 is 11.7 Å². The Bertz CT molecular complexity index is 505.